The third-order valence-electron chi connectivity index (χ3n) is 3.09. The van der Waals surface area contributed by atoms with Gasteiger partial charge in [0.15, 0.2) is 0 Å². The summed E-state index contributed by atoms with van der Waals surface area (Å²) in [6, 6.07) is 15.1. The molecule has 2 aromatic rings. The van der Waals surface area contributed by atoms with Crippen molar-refractivity contribution in [3.63, 3.8) is 0 Å². The molecule has 0 saturated heterocycles. The van der Waals surface area contributed by atoms with Gasteiger partial charge in [-0.2, -0.15) is 0 Å². The van der Waals surface area contributed by atoms with Crippen LogP contribution in [0.25, 0.3) is 0 Å². The second kappa shape index (κ2) is 6.69. The van der Waals surface area contributed by atoms with Crippen LogP contribution in [0, 0.1) is 5.82 Å². The number of halogens is 2. The lowest BCUT2D eigenvalue weighted by molar-refractivity contribution is 0.517. The molecule has 0 aliphatic heterocycles. The summed E-state index contributed by atoms with van der Waals surface area (Å²) in [5.74, 6) is -0.294. The maximum atomic E-state index is 13.2. The van der Waals surface area contributed by atoms with E-state index < -0.39 is 0 Å². The monoisotopic (exact) mass is 277 g/mol. The average molecular weight is 278 g/mol. The Labute approximate surface area is 118 Å². The summed E-state index contributed by atoms with van der Waals surface area (Å²) >= 11 is 5.85. The summed E-state index contributed by atoms with van der Waals surface area (Å²) in [6.07, 6.45) is 0.979. The maximum absolute atomic E-state index is 13.2. The second-order valence-electron chi connectivity index (χ2n) is 4.53. The lowest BCUT2D eigenvalue weighted by Gasteiger charge is -2.17. The average Bonchev–Trinajstić information content (AvgIpc) is 2.39. The molecular formula is C16H17ClFN. The fourth-order valence-electron chi connectivity index (χ4n) is 2.14. The molecule has 19 heavy (non-hydrogen) atoms. The molecule has 0 aliphatic carbocycles. The molecule has 1 unspecified atom stereocenters. The van der Waals surface area contributed by atoms with Crippen molar-refractivity contribution in [3.8, 4) is 0 Å². The van der Waals surface area contributed by atoms with Crippen LogP contribution >= 0.6 is 11.6 Å². The van der Waals surface area contributed by atoms with E-state index in [2.05, 4.69) is 24.4 Å². The lowest BCUT2D eigenvalue weighted by Crippen LogP contribution is -2.20. The van der Waals surface area contributed by atoms with E-state index in [0.29, 0.717) is 11.6 Å². The van der Waals surface area contributed by atoms with Crippen molar-refractivity contribution in [1.82, 2.24) is 5.32 Å². The first-order valence-electron chi connectivity index (χ1n) is 6.42. The molecule has 2 aromatic carbocycles. The van der Waals surface area contributed by atoms with Crippen molar-refractivity contribution in [2.75, 3.05) is 0 Å². The SMILES string of the molecule is CCC(NCc1cc(F)cc(Cl)c1)c1ccccc1. The van der Waals surface area contributed by atoms with Crippen molar-refractivity contribution < 1.29 is 4.39 Å². The predicted octanol–water partition coefficient (Wildman–Crippen LogP) is 4.72. The zero-order chi connectivity index (χ0) is 13.7. The topological polar surface area (TPSA) is 12.0 Å². The first kappa shape index (κ1) is 14.0. The van der Waals surface area contributed by atoms with Crippen LogP contribution in [0.1, 0.15) is 30.5 Å². The molecule has 1 nitrogen and oxygen atoms in total. The van der Waals surface area contributed by atoms with Gasteiger partial charge in [-0.05, 0) is 35.7 Å². The molecule has 0 amide bonds. The summed E-state index contributed by atoms with van der Waals surface area (Å²) in [6.45, 7) is 2.73. The Bertz CT molecular complexity index is 507. The molecule has 0 aliphatic rings. The summed E-state index contributed by atoms with van der Waals surface area (Å²) in [7, 11) is 0. The largest absolute Gasteiger partial charge is 0.306 e. The van der Waals surface area contributed by atoms with Gasteiger partial charge in [0.1, 0.15) is 5.82 Å². The van der Waals surface area contributed by atoms with E-state index in [-0.39, 0.29) is 11.9 Å². The van der Waals surface area contributed by atoms with Crippen LogP contribution in [-0.4, -0.2) is 0 Å². The zero-order valence-corrected chi connectivity index (χ0v) is 11.6. The zero-order valence-electron chi connectivity index (χ0n) is 10.9. The smallest absolute Gasteiger partial charge is 0.125 e. The fourth-order valence-corrected chi connectivity index (χ4v) is 2.38. The van der Waals surface area contributed by atoms with Crippen LogP contribution in [0.4, 0.5) is 4.39 Å². The van der Waals surface area contributed by atoms with Crippen molar-refractivity contribution in [2.24, 2.45) is 0 Å². The minimum absolute atomic E-state index is 0.267. The molecule has 2 rings (SSSR count). The second-order valence-corrected chi connectivity index (χ2v) is 4.97. The van der Waals surface area contributed by atoms with E-state index in [1.165, 1.54) is 17.7 Å². The van der Waals surface area contributed by atoms with Gasteiger partial charge in [-0.25, -0.2) is 4.39 Å². The highest BCUT2D eigenvalue weighted by Crippen LogP contribution is 2.18. The Kier molecular flexibility index (Phi) is 4.94. The van der Waals surface area contributed by atoms with Crippen LogP contribution in [0.15, 0.2) is 48.5 Å². The third-order valence-corrected chi connectivity index (χ3v) is 3.30. The molecule has 0 radical (unpaired) electrons. The van der Waals surface area contributed by atoms with Gasteiger partial charge in [-0.3, -0.25) is 0 Å². The Balaban J connectivity index is 2.04. The van der Waals surface area contributed by atoms with E-state index in [0.717, 1.165) is 12.0 Å². The van der Waals surface area contributed by atoms with E-state index in [9.17, 15) is 4.39 Å². The molecule has 100 valence electrons. The van der Waals surface area contributed by atoms with Crippen molar-refractivity contribution in [2.45, 2.75) is 25.9 Å². The van der Waals surface area contributed by atoms with Crippen molar-refractivity contribution in [3.05, 3.63) is 70.5 Å². The molecule has 1 N–H and O–H groups in total. The minimum atomic E-state index is -0.294. The first-order valence-corrected chi connectivity index (χ1v) is 6.80. The highest BCUT2D eigenvalue weighted by Gasteiger charge is 2.08. The molecule has 0 bridgehead atoms. The molecule has 0 fully saturated rings. The van der Waals surface area contributed by atoms with Gasteiger partial charge in [0.25, 0.3) is 0 Å². The molecule has 0 heterocycles. The van der Waals surface area contributed by atoms with Crippen molar-refractivity contribution >= 4 is 11.6 Å². The van der Waals surface area contributed by atoms with Gasteiger partial charge in [0.05, 0.1) is 0 Å². The van der Waals surface area contributed by atoms with Gasteiger partial charge in [-0.1, -0.05) is 48.9 Å². The maximum Gasteiger partial charge on any atom is 0.125 e. The standard InChI is InChI=1S/C16H17ClFN/c1-2-16(13-6-4-3-5-7-13)19-11-12-8-14(17)10-15(18)9-12/h3-10,16,19H,2,11H2,1H3. The van der Waals surface area contributed by atoms with Crippen LogP contribution < -0.4 is 5.32 Å². The summed E-state index contributed by atoms with van der Waals surface area (Å²) in [5, 5.41) is 3.87. The third kappa shape index (κ3) is 4.05. The Morgan fingerprint density at radius 2 is 1.89 bits per heavy atom. The normalized spacial score (nSPS) is 12.4. The Morgan fingerprint density at radius 1 is 1.16 bits per heavy atom. The van der Waals surface area contributed by atoms with Crippen LogP contribution in [0.2, 0.25) is 5.02 Å². The predicted molar refractivity (Wildman–Crippen MR) is 77.7 cm³/mol. The summed E-state index contributed by atoms with van der Waals surface area (Å²) in [4.78, 5) is 0. The van der Waals surface area contributed by atoms with Crippen LogP contribution in [0.5, 0.6) is 0 Å². The van der Waals surface area contributed by atoms with Crippen LogP contribution in [-0.2, 0) is 6.54 Å². The molecule has 1 atom stereocenters. The molecule has 0 saturated carbocycles. The first-order chi connectivity index (χ1) is 9.19. The number of hydrogen-bond acceptors (Lipinski definition) is 1. The number of benzene rings is 2. The van der Waals surface area contributed by atoms with Crippen LogP contribution in [0.3, 0.4) is 0 Å². The molecular weight excluding hydrogens is 261 g/mol. The highest BCUT2D eigenvalue weighted by molar-refractivity contribution is 6.30. The van der Waals surface area contributed by atoms with E-state index in [1.807, 2.05) is 18.2 Å². The van der Waals surface area contributed by atoms with Gasteiger partial charge in [0.2, 0.25) is 0 Å². The van der Waals surface area contributed by atoms with Gasteiger partial charge >= 0.3 is 0 Å². The van der Waals surface area contributed by atoms with E-state index >= 15 is 0 Å². The summed E-state index contributed by atoms with van der Waals surface area (Å²) in [5.41, 5.74) is 2.10. The Morgan fingerprint density at radius 3 is 2.53 bits per heavy atom. The number of hydrogen-bond donors (Lipinski definition) is 1. The quantitative estimate of drug-likeness (QED) is 0.834. The lowest BCUT2D eigenvalue weighted by atomic mass is 10.0. The summed E-state index contributed by atoms with van der Waals surface area (Å²) < 4.78 is 13.2. The Hall–Kier alpha value is -1.38. The minimum Gasteiger partial charge on any atom is -0.306 e. The number of rotatable bonds is 5. The highest BCUT2D eigenvalue weighted by atomic mass is 35.5. The van der Waals surface area contributed by atoms with Crippen molar-refractivity contribution in [1.29, 1.82) is 0 Å². The van der Waals surface area contributed by atoms with Gasteiger partial charge in [0, 0.05) is 17.6 Å². The molecule has 3 heteroatoms. The van der Waals surface area contributed by atoms with Gasteiger partial charge < -0.3 is 5.32 Å². The fraction of sp³-hybridized carbons (Fsp3) is 0.250. The van der Waals surface area contributed by atoms with Gasteiger partial charge in [-0.15, -0.1) is 0 Å². The number of nitrogens with one attached hydrogen (secondary N) is 1. The molecule has 0 aromatic heterocycles. The van der Waals surface area contributed by atoms with E-state index in [1.54, 1.807) is 6.07 Å². The van der Waals surface area contributed by atoms with E-state index in [4.69, 9.17) is 11.6 Å². The molecule has 0 spiro atoms.